The van der Waals surface area contributed by atoms with Crippen molar-refractivity contribution >= 4 is 23.8 Å². The van der Waals surface area contributed by atoms with Crippen LogP contribution in [-0.2, 0) is 11.2 Å². The molecule has 2 aliphatic heterocycles. The summed E-state index contributed by atoms with van der Waals surface area (Å²) in [6.45, 7) is 0. The lowest BCUT2D eigenvalue weighted by Crippen LogP contribution is -2.36. The summed E-state index contributed by atoms with van der Waals surface area (Å²) in [6.07, 6.45) is 4.58. The number of nitrogens with zero attached hydrogens (tertiary/aromatic N) is 4. The summed E-state index contributed by atoms with van der Waals surface area (Å²) in [4.78, 5) is 28.5. The van der Waals surface area contributed by atoms with Crippen molar-refractivity contribution in [3.8, 4) is 0 Å². The van der Waals surface area contributed by atoms with Crippen molar-refractivity contribution in [1.29, 1.82) is 0 Å². The number of urea groups is 1. The van der Waals surface area contributed by atoms with E-state index in [0.29, 0.717) is 18.1 Å². The molecule has 9 nitrogen and oxygen atoms in total. The average Bonchev–Trinajstić information content (AvgIpc) is 3.15. The van der Waals surface area contributed by atoms with Crippen LogP contribution in [-0.4, -0.2) is 45.2 Å². The summed E-state index contributed by atoms with van der Waals surface area (Å²) < 4.78 is 0. The van der Waals surface area contributed by atoms with Crippen molar-refractivity contribution in [3.05, 3.63) is 46.1 Å². The molecule has 2 fully saturated rings. The van der Waals surface area contributed by atoms with Gasteiger partial charge in [0.1, 0.15) is 0 Å². The number of carbonyl (C=O) groups is 2. The van der Waals surface area contributed by atoms with E-state index < -0.39 is 11.9 Å². The lowest BCUT2D eigenvalue weighted by molar-refractivity contribution is -0.142. The zero-order valence-corrected chi connectivity index (χ0v) is 14.9. The largest absolute Gasteiger partial charge is 0.481 e. The van der Waals surface area contributed by atoms with Crippen molar-refractivity contribution in [2.45, 2.75) is 43.0 Å². The number of carboxylic acids is 1. The van der Waals surface area contributed by atoms with Crippen LogP contribution in [0.15, 0.2) is 24.4 Å². The lowest BCUT2D eigenvalue weighted by atomic mass is 9.94. The first-order valence-electron chi connectivity index (χ1n) is 8.35. The molecule has 0 spiro atoms. The maximum Gasteiger partial charge on any atom is 0.315 e. The number of rotatable bonds is 7. The normalized spacial score (nSPS) is 24.3. The van der Waals surface area contributed by atoms with Gasteiger partial charge in [-0.25, -0.2) is 4.79 Å². The highest BCUT2D eigenvalue weighted by Gasteiger charge is 2.42. The molecule has 3 rings (SSSR count). The van der Waals surface area contributed by atoms with Gasteiger partial charge in [-0.2, -0.15) is 11.8 Å². The van der Waals surface area contributed by atoms with Crippen LogP contribution >= 0.6 is 11.8 Å². The van der Waals surface area contributed by atoms with Crippen molar-refractivity contribution in [2.75, 3.05) is 5.75 Å². The molecule has 26 heavy (non-hydrogen) atoms. The third-order valence-electron chi connectivity index (χ3n) is 4.51. The number of carboxylic acid groups (broad SMARTS) is 1. The van der Waals surface area contributed by atoms with Crippen LogP contribution in [0.1, 0.15) is 25.0 Å². The Bertz CT molecular complexity index is 653. The molecule has 1 unspecified atom stereocenters. The van der Waals surface area contributed by atoms with E-state index in [0.717, 1.165) is 24.3 Å². The third-order valence-corrected chi connectivity index (χ3v) is 6.02. The number of hydrogen-bond donors (Lipinski definition) is 3. The first kappa shape index (κ1) is 19.9. The van der Waals surface area contributed by atoms with Gasteiger partial charge in [0.15, 0.2) is 0 Å². The highest BCUT2D eigenvalue weighted by atomic mass is 32.2. The van der Waals surface area contributed by atoms with Crippen LogP contribution in [0.3, 0.4) is 0 Å². The van der Waals surface area contributed by atoms with Crippen LogP contribution < -0.4 is 10.6 Å². The van der Waals surface area contributed by atoms with Gasteiger partial charge in [0, 0.05) is 29.3 Å². The quantitative estimate of drug-likeness (QED) is 0.289. The number of pyridine rings is 1. The minimum atomic E-state index is -0.761. The predicted octanol–water partition coefficient (Wildman–Crippen LogP) is 2.53. The summed E-state index contributed by atoms with van der Waals surface area (Å²) in [5.41, 5.74) is 14.3. The first-order chi connectivity index (χ1) is 12.5. The molecule has 3 N–H and O–H groups in total. The van der Waals surface area contributed by atoms with Crippen molar-refractivity contribution in [2.24, 2.45) is 5.92 Å². The van der Waals surface area contributed by atoms with Crippen molar-refractivity contribution in [3.63, 3.8) is 0 Å². The van der Waals surface area contributed by atoms with E-state index in [1.165, 1.54) is 4.91 Å². The summed E-state index contributed by atoms with van der Waals surface area (Å²) in [7, 11) is 0. The number of hydrogen-bond acceptors (Lipinski definition) is 4. The fourth-order valence-corrected chi connectivity index (χ4v) is 4.84. The molecule has 0 aliphatic carbocycles. The van der Waals surface area contributed by atoms with Gasteiger partial charge in [-0.3, -0.25) is 14.7 Å². The fourth-order valence-electron chi connectivity index (χ4n) is 3.29. The summed E-state index contributed by atoms with van der Waals surface area (Å²) in [5, 5.41) is 15.7. The van der Waals surface area contributed by atoms with E-state index >= 15 is 0 Å². The molecule has 1 aromatic rings. The van der Waals surface area contributed by atoms with Gasteiger partial charge in [0.2, 0.25) is 0 Å². The highest BCUT2D eigenvalue weighted by molar-refractivity contribution is 8.00. The van der Waals surface area contributed by atoms with Crippen molar-refractivity contribution in [1.82, 2.24) is 15.6 Å². The van der Waals surface area contributed by atoms with Gasteiger partial charge in [-0.15, -0.1) is 0 Å². The Morgan fingerprint density at radius 2 is 2.19 bits per heavy atom. The Morgan fingerprint density at radius 3 is 2.85 bits per heavy atom. The maximum absolute atomic E-state index is 11.5. The van der Waals surface area contributed by atoms with Gasteiger partial charge in [-0.05, 0) is 25.0 Å². The van der Waals surface area contributed by atoms with E-state index in [1.807, 2.05) is 30.0 Å². The SMILES string of the molecule is O=C1N[C@H]2[C@H](CS[C@H]2CCCC(Cc2ccccn2)C(=O)O)N1.[N-]=[N+]=[N-]. The molecule has 0 bridgehead atoms. The smallest absolute Gasteiger partial charge is 0.315 e. The Hall–Kier alpha value is -2.45. The van der Waals surface area contributed by atoms with Gasteiger partial charge in [-0.1, -0.05) is 12.5 Å². The lowest BCUT2D eigenvalue weighted by Gasteiger charge is -2.18. The van der Waals surface area contributed by atoms with Crippen LogP contribution in [0.4, 0.5) is 4.79 Å². The number of nitrogens with one attached hydrogen (secondary N) is 2. The van der Waals surface area contributed by atoms with Gasteiger partial charge in [0.05, 0.1) is 18.0 Å². The second-order valence-electron chi connectivity index (χ2n) is 6.20. The molecule has 10 heteroatoms. The molecule has 0 aromatic carbocycles. The standard InChI is InChI=1S/C16H21N3O3S.N3/c20-15(21)10(8-11-5-1-2-7-17-11)4-3-6-13-14-12(9-23-13)18-16(22)19-14;1-3-2/h1-2,5,7,10,12-14H,3-4,6,8-9H2,(H,20,21)(H2,18,19,22);/q;-1/t10?,12-,13-,14-;/m0./s1. The third kappa shape index (κ3) is 5.53. The fraction of sp³-hybridized carbons (Fsp3) is 0.562. The second-order valence-corrected chi connectivity index (χ2v) is 7.47. The van der Waals surface area contributed by atoms with Gasteiger partial charge >= 0.3 is 12.0 Å². The molecule has 3 heterocycles. The summed E-state index contributed by atoms with van der Waals surface area (Å²) in [6, 6.07) is 5.91. The Morgan fingerprint density at radius 1 is 1.42 bits per heavy atom. The molecule has 4 atom stereocenters. The topological polar surface area (TPSA) is 150 Å². The molecule has 0 saturated carbocycles. The number of fused-ring (bicyclic) bond motifs is 1. The van der Waals surface area contributed by atoms with Crippen LogP contribution in [0, 0.1) is 5.92 Å². The molecule has 1 aromatic heterocycles. The number of amides is 2. The minimum Gasteiger partial charge on any atom is -0.481 e. The van der Waals surface area contributed by atoms with Crippen LogP contribution in [0.25, 0.3) is 16.0 Å². The zero-order valence-electron chi connectivity index (χ0n) is 14.1. The Kier molecular flexibility index (Phi) is 7.55. The molecule has 2 amide bonds. The van der Waals surface area contributed by atoms with E-state index in [9.17, 15) is 14.7 Å². The highest BCUT2D eigenvalue weighted by Crippen LogP contribution is 2.33. The monoisotopic (exact) mass is 377 g/mol. The van der Waals surface area contributed by atoms with Gasteiger partial charge < -0.3 is 26.8 Å². The number of aliphatic carboxylic acids is 1. The summed E-state index contributed by atoms with van der Waals surface area (Å²) >= 11 is 1.86. The molecular formula is C16H21N6O3S-. The van der Waals surface area contributed by atoms with E-state index in [1.54, 1.807) is 6.20 Å². The van der Waals surface area contributed by atoms with E-state index in [4.69, 9.17) is 11.1 Å². The molecular weight excluding hydrogens is 356 g/mol. The second kappa shape index (κ2) is 9.88. The van der Waals surface area contributed by atoms with E-state index in [-0.39, 0.29) is 18.1 Å². The first-order valence-corrected chi connectivity index (χ1v) is 9.39. The Balaban J connectivity index is 0.000000758. The Labute approximate surface area is 155 Å². The summed E-state index contributed by atoms with van der Waals surface area (Å²) in [5.74, 6) is -0.225. The molecule has 0 radical (unpaired) electrons. The molecule has 2 saturated heterocycles. The van der Waals surface area contributed by atoms with Crippen LogP contribution in [0.2, 0.25) is 0 Å². The number of thioether (sulfide) groups is 1. The maximum atomic E-state index is 11.5. The number of carbonyl (C=O) groups excluding carboxylic acids is 1. The average molecular weight is 377 g/mol. The minimum absolute atomic E-state index is 0.0798. The molecule has 140 valence electrons. The number of aromatic nitrogens is 1. The van der Waals surface area contributed by atoms with Crippen LogP contribution in [0.5, 0.6) is 0 Å². The van der Waals surface area contributed by atoms with Gasteiger partial charge in [0.25, 0.3) is 0 Å². The molecule has 2 aliphatic rings. The predicted molar refractivity (Wildman–Crippen MR) is 98.5 cm³/mol. The van der Waals surface area contributed by atoms with E-state index in [2.05, 4.69) is 15.6 Å². The zero-order chi connectivity index (χ0) is 18.9. The van der Waals surface area contributed by atoms with Crippen molar-refractivity contribution < 1.29 is 14.7 Å².